The van der Waals surface area contributed by atoms with Crippen molar-refractivity contribution in [3.63, 3.8) is 0 Å². The Morgan fingerprint density at radius 2 is 1.90 bits per heavy atom. The van der Waals surface area contributed by atoms with Crippen LogP contribution < -0.4 is 5.32 Å². The molecule has 2 aromatic heterocycles. The van der Waals surface area contributed by atoms with Gasteiger partial charge in [-0.1, -0.05) is 30.3 Å². The molecule has 0 bridgehead atoms. The van der Waals surface area contributed by atoms with Gasteiger partial charge in [0.25, 0.3) is 5.91 Å². The van der Waals surface area contributed by atoms with Crippen molar-refractivity contribution in [2.45, 2.75) is 0 Å². The number of hydrogen-bond acceptors (Lipinski definition) is 5. The highest BCUT2D eigenvalue weighted by molar-refractivity contribution is 7.07. The Hall–Kier alpha value is -2.60. The van der Waals surface area contributed by atoms with Crippen LogP contribution in [0.1, 0.15) is 10.5 Å². The van der Waals surface area contributed by atoms with E-state index >= 15 is 0 Å². The molecule has 0 radical (unpaired) electrons. The molecule has 1 N–H and O–H groups in total. The molecule has 0 aliphatic heterocycles. The van der Waals surface area contributed by atoms with E-state index < -0.39 is 0 Å². The number of anilines is 1. The lowest BCUT2D eigenvalue weighted by Crippen LogP contribution is -2.13. The fourth-order valence-corrected chi connectivity index (χ4v) is 2.20. The molecule has 0 fully saturated rings. The SMILES string of the molecule is O=C(Nc1ccc(-c2ccccc2)nn1)c1cscn1. The topological polar surface area (TPSA) is 67.8 Å². The predicted octanol–water partition coefficient (Wildman–Crippen LogP) is 2.85. The maximum Gasteiger partial charge on any atom is 0.276 e. The number of rotatable bonds is 3. The van der Waals surface area contributed by atoms with Crippen molar-refractivity contribution in [3.05, 3.63) is 59.0 Å². The van der Waals surface area contributed by atoms with Gasteiger partial charge in [-0.25, -0.2) is 4.98 Å². The average molecular weight is 282 g/mol. The zero-order valence-electron chi connectivity index (χ0n) is 10.4. The van der Waals surface area contributed by atoms with Crippen molar-refractivity contribution in [2.24, 2.45) is 0 Å². The Morgan fingerprint density at radius 1 is 1.05 bits per heavy atom. The van der Waals surface area contributed by atoms with Crippen LogP contribution in [-0.4, -0.2) is 21.1 Å². The molecule has 1 aromatic carbocycles. The van der Waals surface area contributed by atoms with Crippen molar-refractivity contribution in [1.29, 1.82) is 0 Å². The minimum Gasteiger partial charge on any atom is -0.304 e. The van der Waals surface area contributed by atoms with Gasteiger partial charge in [-0.05, 0) is 12.1 Å². The smallest absolute Gasteiger partial charge is 0.276 e. The summed E-state index contributed by atoms with van der Waals surface area (Å²) in [6.45, 7) is 0. The largest absolute Gasteiger partial charge is 0.304 e. The van der Waals surface area contributed by atoms with Gasteiger partial charge in [0.1, 0.15) is 5.69 Å². The first-order chi connectivity index (χ1) is 9.83. The van der Waals surface area contributed by atoms with Gasteiger partial charge in [0, 0.05) is 10.9 Å². The molecule has 20 heavy (non-hydrogen) atoms. The third-order valence-corrected chi connectivity index (χ3v) is 3.23. The minimum atomic E-state index is -0.284. The van der Waals surface area contributed by atoms with Crippen LogP contribution in [0.2, 0.25) is 0 Å². The summed E-state index contributed by atoms with van der Waals surface area (Å²) in [4.78, 5) is 15.7. The predicted molar refractivity (Wildman–Crippen MR) is 77.5 cm³/mol. The molecule has 0 saturated heterocycles. The summed E-state index contributed by atoms with van der Waals surface area (Å²) in [5.74, 6) is 0.121. The molecule has 3 rings (SSSR count). The fraction of sp³-hybridized carbons (Fsp3) is 0. The molecule has 5 nitrogen and oxygen atoms in total. The van der Waals surface area contributed by atoms with Crippen molar-refractivity contribution in [3.8, 4) is 11.3 Å². The van der Waals surface area contributed by atoms with Gasteiger partial charge in [0.05, 0.1) is 11.2 Å². The van der Waals surface area contributed by atoms with Crippen LogP contribution in [0.15, 0.2) is 53.4 Å². The molecule has 2 heterocycles. The van der Waals surface area contributed by atoms with Gasteiger partial charge in [-0.3, -0.25) is 4.79 Å². The summed E-state index contributed by atoms with van der Waals surface area (Å²) in [6.07, 6.45) is 0. The van der Waals surface area contributed by atoms with Crippen molar-refractivity contribution in [2.75, 3.05) is 5.32 Å². The first-order valence-corrected chi connectivity index (χ1v) is 6.86. The maximum atomic E-state index is 11.8. The van der Waals surface area contributed by atoms with E-state index in [-0.39, 0.29) is 5.91 Å². The van der Waals surface area contributed by atoms with E-state index in [0.717, 1.165) is 11.3 Å². The molecule has 0 spiro atoms. The van der Waals surface area contributed by atoms with Crippen LogP contribution in [0.25, 0.3) is 11.3 Å². The maximum absolute atomic E-state index is 11.8. The number of amides is 1. The van der Waals surface area contributed by atoms with E-state index in [4.69, 9.17) is 0 Å². The van der Waals surface area contributed by atoms with Crippen LogP contribution in [0.3, 0.4) is 0 Å². The Kier molecular flexibility index (Phi) is 3.47. The quantitative estimate of drug-likeness (QED) is 0.802. The third kappa shape index (κ3) is 2.70. The lowest BCUT2D eigenvalue weighted by molar-refractivity contribution is 0.102. The second-order valence-electron chi connectivity index (χ2n) is 4.00. The zero-order chi connectivity index (χ0) is 13.8. The number of thiazole rings is 1. The van der Waals surface area contributed by atoms with Crippen LogP contribution in [0, 0.1) is 0 Å². The average Bonchev–Trinajstić information content (AvgIpc) is 3.03. The van der Waals surface area contributed by atoms with Crippen LogP contribution in [0.5, 0.6) is 0 Å². The molecular formula is C14H10N4OS. The van der Waals surface area contributed by atoms with Gasteiger partial charge >= 0.3 is 0 Å². The third-order valence-electron chi connectivity index (χ3n) is 2.64. The Balaban J connectivity index is 1.75. The highest BCUT2D eigenvalue weighted by Crippen LogP contribution is 2.16. The number of nitrogens with one attached hydrogen (secondary N) is 1. The molecule has 0 aliphatic carbocycles. The van der Waals surface area contributed by atoms with Crippen LogP contribution in [0.4, 0.5) is 5.82 Å². The molecular weight excluding hydrogens is 272 g/mol. The Morgan fingerprint density at radius 3 is 2.55 bits per heavy atom. The van der Waals surface area contributed by atoms with E-state index in [1.54, 1.807) is 17.0 Å². The Labute approximate surface area is 119 Å². The molecule has 0 saturated carbocycles. The summed E-state index contributed by atoms with van der Waals surface area (Å²) >= 11 is 1.37. The number of carbonyl (C=O) groups is 1. The normalized spacial score (nSPS) is 10.2. The summed E-state index contributed by atoms with van der Waals surface area (Å²) < 4.78 is 0. The molecule has 6 heteroatoms. The van der Waals surface area contributed by atoms with Crippen LogP contribution in [-0.2, 0) is 0 Å². The lowest BCUT2D eigenvalue weighted by Gasteiger charge is -2.03. The van der Waals surface area contributed by atoms with E-state index in [2.05, 4.69) is 20.5 Å². The van der Waals surface area contributed by atoms with Crippen LogP contribution >= 0.6 is 11.3 Å². The zero-order valence-corrected chi connectivity index (χ0v) is 11.2. The van der Waals surface area contributed by atoms with E-state index in [1.165, 1.54) is 11.3 Å². The molecule has 0 atom stereocenters. The highest BCUT2D eigenvalue weighted by Gasteiger charge is 2.09. The van der Waals surface area contributed by atoms with Gasteiger partial charge in [-0.2, -0.15) is 0 Å². The number of nitrogens with zero attached hydrogens (tertiary/aromatic N) is 3. The van der Waals surface area contributed by atoms with Crippen molar-refractivity contribution < 1.29 is 4.79 Å². The standard InChI is InChI=1S/C14H10N4OS/c19-14(12-8-20-9-15-12)16-13-7-6-11(17-18-13)10-4-2-1-3-5-10/h1-9H,(H,16,18,19). The monoisotopic (exact) mass is 282 g/mol. The summed E-state index contributed by atoms with van der Waals surface area (Å²) in [5.41, 5.74) is 3.73. The molecule has 3 aromatic rings. The summed E-state index contributed by atoms with van der Waals surface area (Å²) in [7, 11) is 0. The fourth-order valence-electron chi connectivity index (χ4n) is 1.67. The van der Waals surface area contributed by atoms with E-state index in [1.807, 2.05) is 36.4 Å². The second-order valence-corrected chi connectivity index (χ2v) is 4.72. The molecule has 98 valence electrons. The van der Waals surface area contributed by atoms with Gasteiger partial charge < -0.3 is 5.32 Å². The van der Waals surface area contributed by atoms with Gasteiger partial charge in [-0.15, -0.1) is 21.5 Å². The van der Waals surface area contributed by atoms with E-state index in [0.29, 0.717) is 11.5 Å². The van der Waals surface area contributed by atoms with Crippen molar-refractivity contribution in [1.82, 2.24) is 15.2 Å². The van der Waals surface area contributed by atoms with Crippen molar-refractivity contribution >= 4 is 23.1 Å². The number of aromatic nitrogens is 3. The Bertz CT molecular complexity index is 696. The number of hydrogen-bond donors (Lipinski definition) is 1. The molecule has 0 unspecified atom stereocenters. The number of benzene rings is 1. The second kappa shape index (κ2) is 5.58. The number of carbonyl (C=O) groups excluding carboxylic acids is 1. The highest BCUT2D eigenvalue weighted by atomic mass is 32.1. The summed E-state index contributed by atoms with van der Waals surface area (Å²) in [6, 6.07) is 13.3. The molecule has 1 amide bonds. The first kappa shape index (κ1) is 12.4. The van der Waals surface area contributed by atoms with Gasteiger partial charge in [0.2, 0.25) is 0 Å². The lowest BCUT2D eigenvalue weighted by atomic mass is 10.1. The first-order valence-electron chi connectivity index (χ1n) is 5.91. The van der Waals surface area contributed by atoms with Gasteiger partial charge in [0.15, 0.2) is 5.82 Å². The molecule has 0 aliphatic rings. The summed E-state index contributed by atoms with van der Waals surface area (Å²) in [5, 5.41) is 12.4. The van der Waals surface area contributed by atoms with E-state index in [9.17, 15) is 4.79 Å². The minimum absolute atomic E-state index is 0.284.